The highest BCUT2D eigenvalue weighted by Gasteiger charge is 2.59. The fourth-order valence-corrected chi connectivity index (χ4v) is 2.13. The molecule has 1 unspecified atom stereocenters. The maximum Gasteiger partial charge on any atom is 0.245 e. The van der Waals surface area contributed by atoms with E-state index in [0.29, 0.717) is 12.8 Å². The maximum absolute atomic E-state index is 12.9. The third-order valence-electron chi connectivity index (χ3n) is 3.09. The molecule has 76 valence electrons. The van der Waals surface area contributed by atoms with Crippen molar-refractivity contribution in [2.24, 2.45) is 5.92 Å². The molecule has 3 atom stereocenters. The quantitative estimate of drug-likeness (QED) is 0.645. The zero-order valence-corrected chi connectivity index (χ0v) is 7.01. The lowest BCUT2D eigenvalue weighted by molar-refractivity contribution is -0.0859. The van der Waals surface area contributed by atoms with Crippen molar-refractivity contribution < 1.29 is 18.3 Å². The van der Waals surface area contributed by atoms with Gasteiger partial charge in [0.25, 0.3) is 0 Å². The Hall–Kier alpha value is -0.290. The molecular weight excluding hydrogens is 183 g/mol. The second-order valence-corrected chi connectivity index (χ2v) is 3.90. The Morgan fingerprint density at radius 1 is 1.38 bits per heavy atom. The number of aliphatic hydroxyl groups is 1. The van der Waals surface area contributed by atoms with Crippen molar-refractivity contribution in [3.8, 4) is 0 Å². The molecule has 1 saturated heterocycles. The van der Waals surface area contributed by atoms with Crippen LogP contribution in [0.3, 0.4) is 0 Å². The van der Waals surface area contributed by atoms with E-state index in [1.54, 1.807) is 0 Å². The van der Waals surface area contributed by atoms with Gasteiger partial charge in [0, 0.05) is 12.1 Å². The lowest BCUT2D eigenvalue weighted by Gasteiger charge is -2.38. The van der Waals surface area contributed by atoms with E-state index in [4.69, 9.17) is 0 Å². The number of aliphatic hydroxyl groups excluding tert-OH is 1. The molecule has 2 fully saturated rings. The van der Waals surface area contributed by atoms with Crippen LogP contribution in [0, 0.1) is 5.92 Å². The Bertz CT molecular complexity index is 208. The van der Waals surface area contributed by atoms with Crippen LogP contribution in [-0.4, -0.2) is 35.9 Å². The molecule has 2 rings (SSSR count). The van der Waals surface area contributed by atoms with Gasteiger partial charge in [-0.25, -0.2) is 13.2 Å². The molecule has 0 aromatic carbocycles. The van der Waals surface area contributed by atoms with Gasteiger partial charge in [0.15, 0.2) is 0 Å². The van der Waals surface area contributed by atoms with Gasteiger partial charge in [-0.3, -0.25) is 0 Å². The molecule has 2 aliphatic rings. The standard InChI is InChI=1S/C8H12F3NO/c9-4-3-12-8(1-2-8)5(6(4)13)7(10)11/h4-7,12-13H,1-3H2/t4-,5?,6+/m1/s1. The zero-order chi connectivity index (χ0) is 9.64. The Labute approximate surface area is 74.1 Å². The molecule has 0 aromatic heterocycles. The van der Waals surface area contributed by atoms with Crippen molar-refractivity contribution in [2.45, 2.75) is 37.1 Å². The van der Waals surface area contributed by atoms with E-state index in [1.807, 2.05) is 0 Å². The summed E-state index contributed by atoms with van der Waals surface area (Å²) < 4.78 is 37.9. The third kappa shape index (κ3) is 1.34. The largest absolute Gasteiger partial charge is 0.389 e. The predicted molar refractivity (Wildman–Crippen MR) is 40.4 cm³/mol. The van der Waals surface area contributed by atoms with Crippen LogP contribution in [0.5, 0.6) is 0 Å². The summed E-state index contributed by atoms with van der Waals surface area (Å²) in [6.07, 6.45) is -4.49. The number of nitrogens with one attached hydrogen (secondary N) is 1. The van der Waals surface area contributed by atoms with Gasteiger partial charge < -0.3 is 10.4 Å². The maximum atomic E-state index is 12.9. The number of rotatable bonds is 1. The van der Waals surface area contributed by atoms with E-state index in [2.05, 4.69) is 5.32 Å². The molecule has 13 heavy (non-hydrogen) atoms. The molecule has 1 saturated carbocycles. The number of halogens is 3. The fourth-order valence-electron chi connectivity index (χ4n) is 2.13. The molecule has 1 aliphatic carbocycles. The van der Waals surface area contributed by atoms with Crippen LogP contribution in [-0.2, 0) is 0 Å². The van der Waals surface area contributed by atoms with Crippen LogP contribution in [0.2, 0.25) is 0 Å². The molecule has 0 radical (unpaired) electrons. The number of hydrogen-bond acceptors (Lipinski definition) is 2. The molecular formula is C8H12F3NO. The topological polar surface area (TPSA) is 32.3 Å². The number of hydrogen-bond donors (Lipinski definition) is 2. The van der Waals surface area contributed by atoms with E-state index in [-0.39, 0.29) is 6.54 Å². The molecule has 5 heteroatoms. The summed E-state index contributed by atoms with van der Waals surface area (Å²) in [6, 6.07) is 0. The number of piperidine rings is 1. The monoisotopic (exact) mass is 195 g/mol. The van der Waals surface area contributed by atoms with E-state index < -0.39 is 30.2 Å². The minimum absolute atomic E-state index is 0.00954. The average Bonchev–Trinajstić information content (AvgIpc) is 2.79. The second-order valence-electron chi connectivity index (χ2n) is 3.90. The third-order valence-corrected chi connectivity index (χ3v) is 3.09. The summed E-state index contributed by atoms with van der Waals surface area (Å²) in [6.45, 7) is -0.00954. The van der Waals surface area contributed by atoms with Crippen molar-refractivity contribution in [2.75, 3.05) is 6.54 Å². The van der Waals surface area contributed by atoms with Crippen molar-refractivity contribution in [1.29, 1.82) is 0 Å². The van der Waals surface area contributed by atoms with Gasteiger partial charge in [0.1, 0.15) is 6.17 Å². The highest BCUT2D eigenvalue weighted by molar-refractivity contribution is 5.13. The van der Waals surface area contributed by atoms with Gasteiger partial charge in [-0.05, 0) is 12.8 Å². The summed E-state index contributed by atoms with van der Waals surface area (Å²) in [5.41, 5.74) is -0.670. The first-order valence-electron chi connectivity index (χ1n) is 4.42. The Morgan fingerprint density at radius 3 is 2.46 bits per heavy atom. The minimum Gasteiger partial charge on any atom is -0.389 e. The Kier molecular flexibility index (Phi) is 2.03. The molecule has 1 heterocycles. The average molecular weight is 195 g/mol. The summed E-state index contributed by atoms with van der Waals surface area (Å²) in [7, 11) is 0. The SMILES string of the molecule is O[C@@H]1C(C(F)F)C2(CC2)NC[C@H]1F. The van der Waals surface area contributed by atoms with Gasteiger partial charge in [-0.2, -0.15) is 0 Å². The van der Waals surface area contributed by atoms with Crippen LogP contribution in [0.1, 0.15) is 12.8 Å². The van der Waals surface area contributed by atoms with E-state index >= 15 is 0 Å². The van der Waals surface area contributed by atoms with E-state index in [1.165, 1.54) is 0 Å². The first-order chi connectivity index (χ1) is 6.07. The highest BCUT2D eigenvalue weighted by atomic mass is 19.3. The smallest absolute Gasteiger partial charge is 0.245 e. The van der Waals surface area contributed by atoms with Gasteiger partial charge in [-0.1, -0.05) is 0 Å². The zero-order valence-electron chi connectivity index (χ0n) is 7.01. The lowest BCUT2D eigenvalue weighted by atomic mass is 9.85. The lowest BCUT2D eigenvalue weighted by Crippen LogP contribution is -2.59. The fraction of sp³-hybridized carbons (Fsp3) is 1.00. The van der Waals surface area contributed by atoms with Crippen LogP contribution < -0.4 is 5.32 Å². The summed E-state index contributed by atoms with van der Waals surface area (Å²) >= 11 is 0. The van der Waals surface area contributed by atoms with Crippen LogP contribution in [0.4, 0.5) is 13.2 Å². The molecule has 0 aromatic rings. The van der Waals surface area contributed by atoms with Crippen molar-refractivity contribution in [3.05, 3.63) is 0 Å². The second kappa shape index (κ2) is 2.85. The van der Waals surface area contributed by atoms with Crippen LogP contribution >= 0.6 is 0 Å². The number of alkyl halides is 3. The summed E-state index contributed by atoms with van der Waals surface area (Å²) in [4.78, 5) is 0. The molecule has 0 amide bonds. The van der Waals surface area contributed by atoms with Crippen molar-refractivity contribution >= 4 is 0 Å². The van der Waals surface area contributed by atoms with Crippen molar-refractivity contribution in [1.82, 2.24) is 5.32 Å². The van der Waals surface area contributed by atoms with Gasteiger partial charge >= 0.3 is 0 Å². The first kappa shape index (κ1) is 9.27. The van der Waals surface area contributed by atoms with Gasteiger partial charge in [0.2, 0.25) is 6.43 Å². The summed E-state index contributed by atoms with van der Waals surface area (Å²) in [5, 5.41) is 12.1. The summed E-state index contributed by atoms with van der Waals surface area (Å²) in [5.74, 6) is -1.24. The van der Waals surface area contributed by atoms with E-state index in [9.17, 15) is 18.3 Å². The molecule has 0 bridgehead atoms. The van der Waals surface area contributed by atoms with Crippen LogP contribution in [0.25, 0.3) is 0 Å². The van der Waals surface area contributed by atoms with Gasteiger partial charge in [0.05, 0.1) is 12.0 Å². The molecule has 1 aliphatic heterocycles. The van der Waals surface area contributed by atoms with Crippen molar-refractivity contribution in [3.63, 3.8) is 0 Å². The highest BCUT2D eigenvalue weighted by Crippen LogP contribution is 2.49. The van der Waals surface area contributed by atoms with Crippen LogP contribution in [0.15, 0.2) is 0 Å². The predicted octanol–water partition coefficient (Wildman–Crippen LogP) is 0.703. The van der Waals surface area contributed by atoms with E-state index in [0.717, 1.165) is 0 Å². The van der Waals surface area contributed by atoms with Gasteiger partial charge in [-0.15, -0.1) is 0 Å². The minimum atomic E-state index is -2.65. The molecule has 2 N–H and O–H groups in total. The normalized spacial score (nSPS) is 42.7. The Balaban J connectivity index is 2.16. The molecule has 2 nitrogen and oxygen atoms in total. The Morgan fingerprint density at radius 2 is 2.00 bits per heavy atom. The first-order valence-corrected chi connectivity index (χ1v) is 4.42. The molecule has 1 spiro atoms.